The topological polar surface area (TPSA) is 13.1 Å². The Labute approximate surface area is 200 Å². The van der Waals surface area contributed by atoms with E-state index in [2.05, 4.69) is 107 Å². The summed E-state index contributed by atoms with van der Waals surface area (Å²) in [5.74, 6) is 1.03. The smallest absolute Gasteiger partial charge is 0.135 e. The summed E-state index contributed by atoms with van der Waals surface area (Å²) in [5.41, 5.74) is 12.9. The van der Waals surface area contributed by atoms with E-state index in [1.54, 1.807) is 0 Å². The lowest BCUT2D eigenvalue weighted by molar-refractivity contribution is 0.595. The fraction of sp³-hybridized carbons (Fsp3) is 0.0968. The first-order valence-electron chi connectivity index (χ1n) is 11.5. The number of hydrogen-bond donors (Lipinski definition) is 0. The highest BCUT2D eigenvalue weighted by molar-refractivity contribution is 9.10. The van der Waals surface area contributed by atoms with Crippen LogP contribution >= 0.6 is 15.9 Å². The summed E-state index contributed by atoms with van der Waals surface area (Å²) in [5, 5.41) is 1.30. The Kier molecular flexibility index (Phi) is 3.38. The summed E-state index contributed by atoms with van der Waals surface area (Å²) in [6, 6.07) is 29.3. The van der Waals surface area contributed by atoms with Gasteiger partial charge >= 0.3 is 0 Å². The van der Waals surface area contributed by atoms with Gasteiger partial charge in [0.05, 0.1) is 5.41 Å². The number of rotatable bonds is 0. The van der Waals surface area contributed by atoms with Crippen molar-refractivity contribution >= 4 is 33.0 Å². The van der Waals surface area contributed by atoms with Crippen molar-refractivity contribution in [1.29, 1.82) is 0 Å². The van der Waals surface area contributed by atoms with Gasteiger partial charge in [-0.2, -0.15) is 0 Å². The van der Waals surface area contributed by atoms with Crippen molar-refractivity contribution in [2.24, 2.45) is 0 Å². The van der Waals surface area contributed by atoms with E-state index in [0.29, 0.717) is 0 Å². The third-order valence-electron chi connectivity index (χ3n) is 7.83. The van der Waals surface area contributed by atoms with Crippen LogP contribution in [0.3, 0.4) is 0 Å². The van der Waals surface area contributed by atoms with E-state index >= 15 is 0 Å². The second kappa shape index (κ2) is 6.15. The molecule has 1 nitrogen and oxygen atoms in total. The molecule has 33 heavy (non-hydrogen) atoms. The van der Waals surface area contributed by atoms with Crippen LogP contribution < -0.4 is 0 Å². The molecule has 0 radical (unpaired) electrons. The van der Waals surface area contributed by atoms with Crippen molar-refractivity contribution in [2.75, 3.05) is 0 Å². The molecule has 3 aliphatic carbocycles. The quantitative estimate of drug-likeness (QED) is 0.209. The molecule has 0 amide bonds. The molecule has 0 N–H and O–H groups in total. The highest BCUT2D eigenvalue weighted by Crippen LogP contribution is 2.64. The minimum absolute atomic E-state index is 0.304. The molecule has 1 unspecified atom stereocenters. The highest BCUT2D eigenvalue weighted by Gasteiger charge is 2.52. The second-order valence-electron chi connectivity index (χ2n) is 9.28. The van der Waals surface area contributed by atoms with Gasteiger partial charge in [0.25, 0.3) is 0 Å². The lowest BCUT2D eigenvalue weighted by Gasteiger charge is -2.30. The van der Waals surface area contributed by atoms with Crippen LogP contribution in [0.5, 0.6) is 0 Å². The molecule has 0 bridgehead atoms. The van der Waals surface area contributed by atoms with Crippen molar-refractivity contribution in [3.8, 4) is 22.3 Å². The predicted octanol–water partition coefficient (Wildman–Crippen LogP) is 8.50. The Balaban J connectivity index is 1.60. The molecule has 1 spiro atoms. The average molecular weight is 487 g/mol. The van der Waals surface area contributed by atoms with E-state index in [0.717, 1.165) is 28.7 Å². The molecule has 0 fully saturated rings. The molecule has 5 aromatic rings. The van der Waals surface area contributed by atoms with Crippen molar-refractivity contribution in [3.05, 3.63) is 123 Å². The molecule has 1 heterocycles. The number of aryl methyl sites for hydroxylation is 1. The van der Waals surface area contributed by atoms with Gasteiger partial charge in [-0.3, -0.25) is 0 Å². The second-order valence-corrected chi connectivity index (χ2v) is 10.2. The summed E-state index contributed by atoms with van der Waals surface area (Å²) in [6.45, 7) is 0. The van der Waals surface area contributed by atoms with E-state index in [1.165, 1.54) is 55.5 Å². The van der Waals surface area contributed by atoms with Gasteiger partial charge in [0, 0.05) is 15.4 Å². The van der Waals surface area contributed by atoms with Crippen molar-refractivity contribution < 1.29 is 4.42 Å². The van der Waals surface area contributed by atoms with Crippen molar-refractivity contribution in [3.63, 3.8) is 0 Å². The SMILES string of the molecule is Brc1ccc2c(c1)-c1ccccc1C21c2ccccc2-c2c1ccc1oc3c(c21)CCC=C3. The Morgan fingerprint density at radius 1 is 0.727 bits per heavy atom. The molecule has 4 aromatic carbocycles. The van der Waals surface area contributed by atoms with Crippen molar-refractivity contribution in [2.45, 2.75) is 18.3 Å². The molecule has 8 rings (SSSR count). The standard InChI is InChI=1S/C31H19BrO/c32-18-13-14-25-22(17-18)19-7-1-4-10-23(19)31(25)24-11-5-2-8-20(24)29-26(31)15-16-28-30(29)21-9-3-6-12-27(21)33-28/h1-2,4-8,10-17H,3,9H2. The molecule has 156 valence electrons. The minimum atomic E-state index is -0.304. The largest absolute Gasteiger partial charge is 0.456 e. The van der Waals surface area contributed by atoms with Gasteiger partial charge in [0.15, 0.2) is 0 Å². The number of fused-ring (bicyclic) bond motifs is 14. The zero-order valence-corrected chi connectivity index (χ0v) is 19.4. The number of hydrogen-bond acceptors (Lipinski definition) is 1. The number of furan rings is 1. The lowest BCUT2D eigenvalue weighted by atomic mass is 9.70. The first-order chi connectivity index (χ1) is 16.3. The summed E-state index contributed by atoms with van der Waals surface area (Å²) >= 11 is 3.73. The van der Waals surface area contributed by atoms with Gasteiger partial charge in [-0.05, 0) is 81.6 Å². The zero-order chi connectivity index (χ0) is 21.7. The molecule has 3 aliphatic rings. The number of benzene rings is 4. The van der Waals surface area contributed by atoms with Gasteiger partial charge in [-0.15, -0.1) is 0 Å². The number of allylic oxidation sites excluding steroid dienone is 1. The molecule has 0 aliphatic heterocycles. The van der Waals surface area contributed by atoms with Gasteiger partial charge in [-0.1, -0.05) is 82.7 Å². The fourth-order valence-corrected chi connectivity index (χ4v) is 7.04. The van der Waals surface area contributed by atoms with Crippen LogP contribution in [0.15, 0.2) is 93.8 Å². The summed E-state index contributed by atoms with van der Waals surface area (Å²) in [7, 11) is 0. The van der Waals surface area contributed by atoms with Gasteiger partial charge < -0.3 is 4.42 Å². The zero-order valence-electron chi connectivity index (χ0n) is 17.9. The van der Waals surface area contributed by atoms with Crippen molar-refractivity contribution in [1.82, 2.24) is 0 Å². The van der Waals surface area contributed by atoms with Crippen LogP contribution in [0.1, 0.15) is 40.0 Å². The fourth-order valence-electron chi connectivity index (χ4n) is 6.67. The van der Waals surface area contributed by atoms with Gasteiger partial charge in [0.1, 0.15) is 11.3 Å². The maximum atomic E-state index is 6.34. The Hall–Kier alpha value is -3.36. The Bertz CT molecular complexity index is 1690. The van der Waals surface area contributed by atoms with Crippen LogP contribution in [0, 0.1) is 0 Å². The third-order valence-corrected chi connectivity index (χ3v) is 8.32. The molecule has 2 heteroatoms. The normalized spacial score (nSPS) is 18.8. The van der Waals surface area contributed by atoms with E-state index < -0.39 is 0 Å². The maximum Gasteiger partial charge on any atom is 0.135 e. The third kappa shape index (κ3) is 2.05. The van der Waals surface area contributed by atoms with Crippen LogP contribution in [-0.2, 0) is 11.8 Å². The minimum Gasteiger partial charge on any atom is -0.456 e. The highest BCUT2D eigenvalue weighted by atomic mass is 79.9. The summed E-state index contributed by atoms with van der Waals surface area (Å²) in [4.78, 5) is 0. The first kappa shape index (κ1) is 18.1. The molecule has 1 aromatic heterocycles. The van der Waals surface area contributed by atoms with E-state index in [9.17, 15) is 0 Å². The Morgan fingerprint density at radius 2 is 1.45 bits per heavy atom. The monoisotopic (exact) mass is 486 g/mol. The molecular formula is C31H19BrO. The van der Waals surface area contributed by atoms with E-state index in [1.807, 2.05) is 0 Å². The van der Waals surface area contributed by atoms with Crippen LogP contribution in [-0.4, -0.2) is 0 Å². The molecule has 0 saturated carbocycles. The molecular weight excluding hydrogens is 468 g/mol. The Morgan fingerprint density at radius 3 is 2.33 bits per heavy atom. The van der Waals surface area contributed by atoms with E-state index in [4.69, 9.17) is 4.42 Å². The average Bonchev–Trinajstić information content (AvgIpc) is 3.47. The van der Waals surface area contributed by atoms with Gasteiger partial charge in [-0.25, -0.2) is 0 Å². The molecule has 0 saturated heterocycles. The predicted molar refractivity (Wildman–Crippen MR) is 138 cm³/mol. The van der Waals surface area contributed by atoms with E-state index in [-0.39, 0.29) is 5.41 Å². The maximum absolute atomic E-state index is 6.34. The lowest BCUT2D eigenvalue weighted by Crippen LogP contribution is -2.25. The van der Waals surface area contributed by atoms with Crippen LogP contribution in [0.25, 0.3) is 39.3 Å². The first-order valence-corrected chi connectivity index (χ1v) is 12.3. The molecule has 1 atom stereocenters. The number of halogens is 1. The van der Waals surface area contributed by atoms with Crippen LogP contribution in [0.2, 0.25) is 0 Å². The van der Waals surface area contributed by atoms with Crippen LogP contribution in [0.4, 0.5) is 0 Å². The van der Waals surface area contributed by atoms with Gasteiger partial charge in [0.2, 0.25) is 0 Å². The summed E-state index contributed by atoms with van der Waals surface area (Å²) < 4.78 is 7.46. The summed E-state index contributed by atoms with van der Waals surface area (Å²) in [6.07, 6.45) is 6.48.